The summed E-state index contributed by atoms with van der Waals surface area (Å²) in [5, 5.41) is 14.7. The highest BCUT2D eigenvalue weighted by Crippen LogP contribution is 2.37. The number of thiazole rings is 1. The van der Waals surface area contributed by atoms with E-state index in [0.29, 0.717) is 32.3 Å². The maximum absolute atomic E-state index is 11.6. The largest absolute Gasteiger partial charge is 0.506 e. The van der Waals surface area contributed by atoms with Crippen LogP contribution in [0.2, 0.25) is 0 Å². The number of ether oxygens (including phenoxy) is 1. The number of hydrogen-bond donors (Lipinski definition) is 1. The van der Waals surface area contributed by atoms with Crippen LogP contribution >= 0.6 is 11.3 Å². The second kappa shape index (κ2) is 5.39. The van der Waals surface area contributed by atoms with Gasteiger partial charge in [-0.3, -0.25) is 0 Å². The third-order valence-electron chi connectivity index (χ3n) is 3.57. The number of aromatic nitrogens is 4. The third kappa shape index (κ3) is 2.68. The summed E-state index contributed by atoms with van der Waals surface area (Å²) < 4.78 is 30.4. The molecule has 0 radical (unpaired) electrons. The molecule has 0 aliphatic carbocycles. The Labute approximate surface area is 146 Å². The Bertz CT molecular complexity index is 1230. The molecule has 1 N–H and O–H groups in total. The molecule has 0 bridgehead atoms. The number of benzene rings is 1. The van der Waals surface area contributed by atoms with Crippen molar-refractivity contribution in [2.45, 2.75) is 5.03 Å². The van der Waals surface area contributed by atoms with Gasteiger partial charge in [0.25, 0.3) is 0 Å². The van der Waals surface area contributed by atoms with Crippen LogP contribution in [0, 0.1) is 0 Å². The molecular weight excluding hydrogens is 364 g/mol. The van der Waals surface area contributed by atoms with Gasteiger partial charge in [-0.1, -0.05) is 0 Å². The maximum Gasteiger partial charge on any atom is 0.194 e. The number of phenolic OH excluding ortho intramolecular Hbond substituents is 1. The topological polar surface area (TPSA) is 107 Å². The van der Waals surface area contributed by atoms with Crippen molar-refractivity contribution in [1.29, 1.82) is 0 Å². The summed E-state index contributed by atoms with van der Waals surface area (Å²) in [7, 11) is -1.89. The summed E-state index contributed by atoms with van der Waals surface area (Å²) in [6, 6.07) is 6.25. The number of rotatable bonds is 3. The number of nitrogens with zero attached hydrogens (tertiary/aromatic N) is 4. The number of phenols is 1. The monoisotopic (exact) mass is 376 g/mol. The van der Waals surface area contributed by atoms with Gasteiger partial charge in [-0.25, -0.2) is 22.9 Å². The molecule has 1 aromatic carbocycles. The van der Waals surface area contributed by atoms with Crippen molar-refractivity contribution >= 4 is 37.0 Å². The molecule has 3 aromatic heterocycles. The van der Waals surface area contributed by atoms with E-state index in [0.717, 1.165) is 6.26 Å². The van der Waals surface area contributed by atoms with Gasteiger partial charge < -0.3 is 9.84 Å². The third-order valence-corrected chi connectivity index (χ3v) is 5.67. The quantitative estimate of drug-likeness (QED) is 0.583. The highest BCUT2D eigenvalue weighted by molar-refractivity contribution is 7.90. The number of hydrogen-bond acceptors (Lipinski definition) is 8. The minimum absolute atomic E-state index is 0.0318. The molecule has 0 saturated carbocycles. The Morgan fingerprint density at radius 1 is 1.24 bits per heavy atom. The fraction of sp³-hybridized carbons (Fsp3) is 0.133. The number of aromatic hydroxyl groups is 1. The second-order valence-electron chi connectivity index (χ2n) is 5.39. The Balaban J connectivity index is 1.86. The minimum Gasteiger partial charge on any atom is -0.506 e. The molecule has 0 unspecified atom stereocenters. The molecule has 128 valence electrons. The first-order chi connectivity index (χ1) is 11.8. The van der Waals surface area contributed by atoms with E-state index in [9.17, 15) is 13.5 Å². The molecule has 0 aliphatic rings. The Morgan fingerprint density at radius 2 is 2.04 bits per heavy atom. The van der Waals surface area contributed by atoms with Crippen molar-refractivity contribution in [2.75, 3.05) is 13.4 Å². The van der Waals surface area contributed by atoms with Gasteiger partial charge in [-0.05, 0) is 12.1 Å². The molecule has 8 nitrogen and oxygen atoms in total. The maximum atomic E-state index is 11.6. The van der Waals surface area contributed by atoms with Crippen molar-refractivity contribution in [3.63, 3.8) is 0 Å². The standard InChI is InChI=1S/C15H12N4O4S2/c1-23-8-5-9-14(11(20)6-8)24-15(17-9)10-7-19-12(16-10)3-4-13(18-19)25(2,21)22/h3-7,20H,1-2H3. The number of fused-ring (bicyclic) bond motifs is 2. The first kappa shape index (κ1) is 15.8. The molecular formula is C15H12N4O4S2. The molecule has 4 aromatic rings. The molecule has 25 heavy (non-hydrogen) atoms. The molecule has 0 atom stereocenters. The summed E-state index contributed by atoms with van der Waals surface area (Å²) in [5.41, 5.74) is 1.64. The van der Waals surface area contributed by atoms with E-state index in [1.165, 1.54) is 35.1 Å². The van der Waals surface area contributed by atoms with Gasteiger partial charge in [0.2, 0.25) is 0 Å². The first-order valence-electron chi connectivity index (χ1n) is 7.09. The molecule has 3 heterocycles. The highest BCUT2D eigenvalue weighted by atomic mass is 32.2. The van der Waals surface area contributed by atoms with Crippen LogP contribution < -0.4 is 4.74 Å². The van der Waals surface area contributed by atoms with Gasteiger partial charge in [-0.15, -0.1) is 11.3 Å². The smallest absolute Gasteiger partial charge is 0.194 e. The van der Waals surface area contributed by atoms with E-state index < -0.39 is 9.84 Å². The Kier molecular flexibility index (Phi) is 3.41. The molecule has 0 spiro atoms. The van der Waals surface area contributed by atoms with Gasteiger partial charge >= 0.3 is 0 Å². The van der Waals surface area contributed by atoms with Crippen LogP contribution in [0.4, 0.5) is 0 Å². The first-order valence-corrected chi connectivity index (χ1v) is 9.80. The lowest BCUT2D eigenvalue weighted by Crippen LogP contribution is -2.03. The molecule has 0 aliphatic heterocycles. The zero-order chi connectivity index (χ0) is 17.8. The summed E-state index contributed by atoms with van der Waals surface area (Å²) in [5.74, 6) is 0.593. The van der Waals surface area contributed by atoms with Gasteiger partial charge in [0.05, 0.1) is 23.5 Å². The van der Waals surface area contributed by atoms with E-state index in [2.05, 4.69) is 15.1 Å². The number of sulfone groups is 1. The molecule has 4 rings (SSSR count). The molecule has 0 fully saturated rings. The lowest BCUT2D eigenvalue weighted by atomic mass is 10.3. The van der Waals surface area contributed by atoms with E-state index in [4.69, 9.17) is 4.74 Å². The van der Waals surface area contributed by atoms with Crippen molar-refractivity contribution in [3.05, 3.63) is 30.5 Å². The van der Waals surface area contributed by atoms with Gasteiger partial charge in [0, 0.05) is 18.4 Å². The SMILES string of the molecule is COc1cc(O)c2sc(-c3cn4nc(S(C)(=O)=O)ccc4n3)nc2c1. The molecule has 0 amide bonds. The van der Waals surface area contributed by atoms with Crippen molar-refractivity contribution < 1.29 is 18.3 Å². The molecule has 10 heteroatoms. The predicted molar refractivity (Wildman–Crippen MR) is 92.9 cm³/mol. The fourth-order valence-corrected chi connectivity index (χ4v) is 3.85. The number of methoxy groups -OCH3 is 1. The van der Waals surface area contributed by atoms with Crippen LogP contribution in [0.5, 0.6) is 11.5 Å². The van der Waals surface area contributed by atoms with E-state index in [1.54, 1.807) is 18.3 Å². The average Bonchev–Trinajstić information content (AvgIpc) is 3.16. The van der Waals surface area contributed by atoms with Crippen LogP contribution in [0.15, 0.2) is 35.5 Å². The van der Waals surface area contributed by atoms with E-state index in [-0.39, 0.29) is 10.8 Å². The van der Waals surface area contributed by atoms with E-state index in [1.807, 2.05) is 0 Å². The molecule has 0 saturated heterocycles. The Morgan fingerprint density at radius 3 is 2.76 bits per heavy atom. The van der Waals surface area contributed by atoms with Gasteiger partial charge in [-0.2, -0.15) is 5.10 Å². The summed E-state index contributed by atoms with van der Waals surface area (Å²) in [6.45, 7) is 0. The highest BCUT2D eigenvalue weighted by Gasteiger charge is 2.16. The lowest BCUT2D eigenvalue weighted by molar-refractivity contribution is 0.409. The minimum atomic E-state index is -3.40. The summed E-state index contributed by atoms with van der Waals surface area (Å²) in [4.78, 5) is 8.89. The van der Waals surface area contributed by atoms with Crippen LogP contribution in [0.1, 0.15) is 0 Å². The van der Waals surface area contributed by atoms with Crippen LogP contribution in [-0.4, -0.2) is 46.5 Å². The van der Waals surface area contributed by atoms with Crippen molar-refractivity contribution in [2.24, 2.45) is 0 Å². The van der Waals surface area contributed by atoms with E-state index >= 15 is 0 Å². The number of imidazole rings is 1. The zero-order valence-electron chi connectivity index (χ0n) is 13.2. The predicted octanol–water partition coefficient (Wildman–Crippen LogP) is 2.12. The zero-order valence-corrected chi connectivity index (χ0v) is 14.8. The average molecular weight is 376 g/mol. The van der Waals surface area contributed by atoms with Crippen molar-refractivity contribution in [1.82, 2.24) is 19.6 Å². The van der Waals surface area contributed by atoms with Gasteiger partial charge in [0.15, 0.2) is 20.5 Å². The van der Waals surface area contributed by atoms with Crippen LogP contribution in [0.3, 0.4) is 0 Å². The van der Waals surface area contributed by atoms with Crippen molar-refractivity contribution in [3.8, 4) is 22.2 Å². The Hall–Kier alpha value is -2.72. The lowest BCUT2D eigenvalue weighted by Gasteiger charge is -1.99. The van der Waals surface area contributed by atoms with Gasteiger partial charge in [0.1, 0.15) is 22.2 Å². The summed E-state index contributed by atoms with van der Waals surface area (Å²) >= 11 is 1.28. The van der Waals surface area contributed by atoms with Crippen LogP contribution in [-0.2, 0) is 9.84 Å². The van der Waals surface area contributed by atoms with Crippen LogP contribution in [0.25, 0.3) is 26.6 Å². The summed E-state index contributed by atoms with van der Waals surface area (Å²) in [6.07, 6.45) is 2.71. The second-order valence-corrected chi connectivity index (χ2v) is 8.35. The fourth-order valence-electron chi connectivity index (χ4n) is 2.38. The normalized spacial score (nSPS) is 12.1.